The Kier molecular flexibility index (Phi) is 4.34. The molecule has 0 aliphatic carbocycles. The van der Waals surface area contributed by atoms with Gasteiger partial charge in [0.1, 0.15) is 0 Å². The lowest BCUT2D eigenvalue weighted by Crippen LogP contribution is -2.13. The maximum Gasteiger partial charge on any atom is 0.262 e. The van der Waals surface area contributed by atoms with Crippen LogP contribution in [-0.2, 0) is 10.0 Å². The molecule has 0 unspecified atom stereocenters. The van der Waals surface area contributed by atoms with E-state index < -0.39 is 10.0 Å². The second-order valence-corrected chi connectivity index (χ2v) is 6.91. The van der Waals surface area contributed by atoms with Crippen LogP contribution < -0.4 is 10.5 Å². The Morgan fingerprint density at radius 2 is 1.55 bits per heavy atom. The van der Waals surface area contributed by atoms with E-state index >= 15 is 0 Å². The van der Waals surface area contributed by atoms with E-state index in [1.807, 2.05) is 0 Å². The summed E-state index contributed by atoms with van der Waals surface area (Å²) in [5, 5.41) is 0.643. The van der Waals surface area contributed by atoms with Crippen molar-refractivity contribution in [3.8, 4) is 0 Å². The Hall–Kier alpha value is -1.14. The molecule has 0 radical (unpaired) electrons. The van der Waals surface area contributed by atoms with Gasteiger partial charge in [-0.2, -0.15) is 0 Å². The molecule has 0 saturated carbocycles. The van der Waals surface area contributed by atoms with Crippen molar-refractivity contribution in [2.24, 2.45) is 0 Å². The van der Waals surface area contributed by atoms with Crippen LogP contribution in [0.4, 0.5) is 11.4 Å². The number of sulfonamides is 1. The number of halogens is 3. The lowest BCUT2D eigenvalue weighted by molar-refractivity contribution is 0.601. The fraction of sp³-hybridized carbons (Fsp3) is 0. The molecule has 2 aromatic carbocycles. The summed E-state index contributed by atoms with van der Waals surface area (Å²) < 4.78 is 26.8. The lowest BCUT2D eigenvalue weighted by atomic mass is 10.3. The number of nitrogens with two attached hydrogens (primary N) is 1. The van der Waals surface area contributed by atoms with Gasteiger partial charge in [0.15, 0.2) is 0 Å². The van der Waals surface area contributed by atoms with Crippen LogP contribution in [0.5, 0.6) is 0 Å². The molecule has 0 aromatic heterocycles. The minimum absolute atomic E-state index is 0.0529. The first-order valence-corrected chi connectivity index (χ1v) is 7.93. The molecule has 0 atom stereocenters. The van der Waals surface area contributed by atoms with E-state index in [0.717, 1.165) is 0 Å². The quantitative estimate of drug-likeness (QED) is 0.820. The van der Waals surface area contributed by atoms with Crippen molar-refractivity contribution in [1.82, 2.24) is 0 Å². The number of nitrogens with one attached hydrogen (secondary N) is 1. The molecule has 0 bridgehead atoms. The van der Waals surface area contributed by atoms with Gasteiger partial charge in [0.2, 0.25) is 0 Å². The molecule has 0 saturated heterocycles. The largest absolute Gasteiger partial charge is 0.399 e. The minimum Gasteiger partial charge on any atom is -0.399 e. The predicted octanol–water partition coefficient (Wildman–Crippen LogP) is 4.03. The molecule has 8 heteroatoms. The molecule has 3 N–H and O–H groups in total. The third-order valence-corrected chi connectivity index (χ3v) is 4.48. The molecule has 0 heterocycles. The standard InChI is InChI=1S/C12H9Cl3N2O2S/c13-7-3-8(14)5-10(4-7)20(18,19)17-12-2-1-9(16)6-11(12)15/h1-6,17H,16H2. The number of hydrogen-bond donors (Lipinski definition) is 2. The molecule has 4 nitrogen and oxygen atoms in total. The van der Waals surface area contributed by atoms with Gasteiger partial charge in [0, 0.05) is 15.7 Å². The number of benzene rings is 2. The van der Waals surface area contributed by atoms with Gasteiger partial charge in [-0.3, -0.25) is 4.72 Å². The van der Waals surface area contributed by atoms with Crippen molar-refractivity contribution in [3.63, 3.8) is 0 Å². The second-order valence-electron chi connectivity index (χ2n) is 3.95. The zero-order valence-electron chi connectivity index (χ0n) is 9.90. The van der Waals surface area contributed by atoms with Gasteiger partial charge in [0.05, 0.1) is 15.6 Å². The zero-order valence-corrected chi connectivity index (χ0v) is 13.0. The molecule has 2 aromatic rings. The van der Waals surface area contributed by atoms with Crippen molar-refractivity contribution >= 4 is 56.2 Å². The Morgan fingerprint density at radius 1 is 0.950 bits per heavy atom. The first-order valence-electron chi connectivity index (χ1n) is 5.32. The Morgan fingerprint density at radius 3 is 2.10 bits per heavy atom. The third kappa shape index (κ3) is 3.49. The lowest BCUT2D eigenvalue weighted by Gasteiger charge is -2.10. The fourth-order valence-corrected chi connectivity index (χ4v) is 3.60. The average Bonchev–Trinajstić information content (AvgIpc) is 2.31. The van der Waals surface area contributed by atoms with E-state index in [2.05, 4.69) is 4.72 Å². The molecule has 0 amide bonds. The molecular weight excluding hydrogens is 343 g/mol. The normalized spacial score (nSPS) is 11.3. The van der Waals surface area contributed by atoms with Crippen LogP contribution in [0.1, 0.15) is 0 Å². The molecule has 0 spiro atoms. The van der Waals surface area contributed by atoms with Crippen LogP contribution in [0.25, 0.3) is 0 Å². The Bertz CT molecular complexity index is 743. The third-order valence-electron chi connectivity index (χ3n) is 2.38. The maximum atomic E-state index is 12.2. The number of nitrogen functional groups attached to an aromatic ring is 1. The van der Waals surface area contributed by atoms with Crippen molar-refractivity contribution in [2.45, 2.75) is 4.90 Å². The van der Waals surface area contributed by atoms with Crippen molar-refractivity contribution in [3.05, 3.63) is 51.5 Å². The summed E-state index contributed by atoms with van der Waals surface area (Å²) >= 11 is 17.5. The Balaban J connectivity index is 2.40. The maximum absolute atomic E-state index is 12.2. The molecule has 0 fully saturated rings. The van der Waals surface area contributed by atoms with Crippen LogP contribution in [-0.4, -0.2) is 8.42 Å². The summed E-state index contributed by atoms with van der Waals surface area (Å²) in [4.78, 5) is -0.0529. The van der Waals surface area contributed by atoms with Gasteiger partial charge < -0.3 is 5.73 Å². The first-order chi connectivity index (χ1) is 9.28. The number of hydrogen-bond acceptors (Lipinski definition) is 3. The van der Waals surface area contributed by atoms with E-state index in [1.54, 1.807) is 0 Å². The smallest absolute Gasteiger partial charge is 0.262 e. The van der Waals surface area contributed by atoms with Crippen molar-refractivity contribution < 1.29 is 8.42 Å². The van der Waals surface area contributed by atoms with Crippen LogP contribution in [0.2, 0.25) is 15.1 Å². The van der Waals surface area contributed by atoms with Gasteiger partial charge >= 0.3 is 0 Å². The van der Waals surface area contributed by atoms with Crippen LogP contribution in [0.15, 0.2) is 41.3 Å². The number of anilines is 2. The van der Waals surface area contributed by atoms with Gasteiger partial charge in [-0.05, 0) is 36.4 Å². The summed E-state index contributed by atoms with van der Waals surface area (Å²) in [6.45, 7) is 0. The van der Waals surface area contributed by atoms with E-state index in [1.165, 1.54) is 36.4 Å². The van der Waals surface area contributed by atoms with Crippen LogP contribution >= 0.6 is 34.8 Å². The van der Waals surface area contributed by atoms with Crippen molar-refractivity contribution in [1.29, 1.82) is 0 Å². The highest BCUT2D eigenvalue weighted by Gasteiger charge is 2.17. The van der Waals surface area contributed by atoms with Gasteiger partial charge in [-0.1, -0.05) is 34.8 Å². The van der Waals surface area contributed by atoms with Crippen LogP contribution in [0.3, 0.4) is 0 Å². The molecule has 0 aliphatic rings. The highest BCUT2D eigenvalue weighted by atomic mass is 35.5. The summed E-state index contributed by atoms with van der Waals surface area (Å²) in [5.41, 5.74) is 6.20. The zero-order chi connectivity index (χ0) is 14.9. The summed E-state index contributed by atoms with van der Waals surface area (Å²) in [6, 6.07) is 8.49. The highest BCUT2D eigenvalue weighted by Crippen LogP contribution is 2.28. The van der Waals surface area contributed by atoms with Gasteiger partial charge in [0.25, 0.3) is 10.0 Å². The van der Waals surface area contributed by atoms with E-state index in [4.69, 9.17) is 40.5 Å². The van der Waals surface area contributed by atoms with Crippen molar-refractivity contribution in [2.75, 3.05) is 10.5 Å². The van der Waals surface area contributed by atoms with E-state index in [0.29, 0.717) is 5.69 Å². The SMILES string of the molecule is Nc1ccc(NS(=O)(=O)c2cc(Cl)cc(Cl)c2)c(Cl)c1. The summed E-state index contributed by atoms with van der Waals surface area (Å²) in [5.74, 6) is 0. The monoisotopic (exact) mass is 350 g/mol. The Labute approximate surface area is 131 Å². The molecule has 0 aliphatic heterocycles. The summed E-state index contributed by atoms with van der Waals surface area (Å²) in [6.07, 6.45) is 0. The fourth-order valence-electron chi connectivity index (χ4n) is 1.50. The van der Waals surface area contributed by atoms with Crippen LogP contribution in [0, 0.1) is 0 Å². The number of rotatable bonds is 3. The molecule has 20 heavy (non-hydrogen) atoms. The molecular formula is C12H9Cl3N2O2S. The van der Waals surface area contributed by atoms with E-state index in [-0.39, 0.29) is 25.7 Å². The second kappa shape index (κ2) is 5.69. The first kappa shape index (κ1) is 15.3. The molecule has 2 rings (SSSR count). The topological polar surface area (TPSA) is 72.2 Å². The predicted molar refractivity (Wildman–Crippen MR) is 83.1 cm³/mol. The van der Waals surface area contributed by atoms with Gasteiger partial charge in [-0.15, -0.1) is 0 Å². The molecule has 106 valence electrons. The minimum atomic E-state index is -3.84. The summed E-state index contributed by atoms with van der Waals surface area (Å²) in [7, 11) is -3.84. The van der Waals surface area contributed by atoms with E-state index in [9.17, 15) is 8.42 Å². The van der Waals surface area contributed by atoms with Gasteiger partial charge in [-0.25, -0.2) is 8.42 Å². The highest BCUT2D eigenvalue weighted by molar-refractivity contribution is 7.92. The average molecular weight is 352 g/mol.